The Morgan fingerprint density at radius 3 is 1.00 bits per heavy atom. The zero-order valence-corrected chi connectivity index (χ0v) is 39.2. The maximum absolute atomic E-state index is 12.5. The van der Waals surface area contributed by atoms with Gasteiger partial charge >= 0.3 is 0 Å². The standard InChI is InChI=1S/C53H103NO4/c1-3-5-7-9-11-13-15-17-19-21-23-25-26-28-30-32-34-36-38-40-42-44-46-48-52(57)53(58)54-50(49-55)51(56)47-45-43-41-39-37-35-33-31-29-27-24-22-20-18-16-14-12-10-8-6-4-2/h28,30,45,47,50-52,55-57H,3-27,29,31-44,46,48-49H2,1-2H3,(H,54,58)/b30-28-,47-45+. The molecule has 5 nitrogen and oxygen atoms in total. The van der Waals surface area contributed by atoms with E-state index in [1.54, 1.807) is 6.08 Å². The van der Waals surface area contributed by atoms with Gasteiger partial charge in [0.15, 0.2) is 0 Å². The van der Waals surface area contributed by atoms with Crippen molar-refractivity contribution in [1.82, 2.24) is 5.32 Å². The van der Waals surface area contributed by atoms with E-state index in [9.17, 15) is 20.1 Å². The first kappa shape index (κ1) is 56.8. The molecule has 0 heterocycles. The Kier molecular flexibility index (Phi) is 47.5. The molecule has 0 aromatic carbocycles. The van der Waals surface area contributed by atoms with Crippen LogP contribution in [-0.2, 0) is 4.79 Å². The van der Waals surface area contributed by atoms with Gasteiger partial charge in [0.1, 0.15) is 6.10 Å². The summed E-state index contributed by atoms with van der Waals surface area (Å²) in [6.07, 6.45) is 60.9. The summed E-state index contributed by atoms with van der Waals surface area (Å²) in [6.45, 7) is 4.21. The van der Waals surface area contributed by atoms with E-state index in [1.165, 1.54) is 231 Å². The average Bonchev–Trinajstić information content (AvgIpc) is 3.23. The summed E-state index contributed by atoms with van der Waals surface area (Å²) < 4.78 is 0. The van der Waals surface area contributed by atoms with Gasteiger partial charge in [-0.25, -0.2) is 0 Å². The zero-order chi connectivity index (χ0) is 42.3. The van der Waals surface area contributed by atoms with Gasteiger partial charge in [0.25, 0.3) is 0 Å². The van der Waals surface area contributed by atoms with Crippen LogP contribution in [0.25, 0.3) is 0 Å². The third kappa shape index (κ3) is 42.9. The van der Waals surface area contributed by atoms with E-state index in [1.807, 2.05) is 6.08 Å². The number of carbonyl (C=O) groups excluding carboxylic acids is 1. The Labute approximate surface area is 362 Å². The minimum absolute atomic E-state index is 0.363. The minimum atomic E-state index is -1.10. The number of hydrogen-bond donors (Lipinski definition) is 4. The van der Waals surface area contributed by atoms with E-state index < -0.39 is 24.2 Å². The topological polar surface area (TPSA) is 89.8 Å². The van der Waals surface area contributed by atoms with Gasteiger partial charge < -0.3 is 20.6 Å². The van der Waals surface area contributed by atoms with Crippen molar-refractivity contribution in [1.29, 1.82) is 0 Å². The fourth-order valence-corrected chi connectivity index (χ4v) is 8.18. The summed E-state index contributed by atoms with van der Waals surface area (Å²) in [5, 5.41) is 33.3. The van der Waals surface area contributed by atoms with Gasteiger partial charge in [0.2, 0.25) is 5.91 Å². The van der Waals surface area contributed by atoms with Crippen LogP contribution in [-0.4, -0.2) is 46.1 Å². The van der Waals surface area contributed by atoms with Crippen molar-refractivity contribution in [2.45, 2.75) is 302 Å². The second-order valence-electron chi connectivity index (χ2n) is 18.1. The van der Waals surface area contributed by atoms with Gasteiger partial charge in [0.05, 0.1) is 18.8 Å². The SMILES string of the molecule is CCCCCCCCCCCCCC/C=C\CCCCCCCCCC(O)C(=O)NC(CO)C(O)/C=C/CCCCCCCCCCCCCCCCCCCCC. The molecule has 0 aromatic rings. The van der Waals surface area contributed by atoms with Crippen molar-refractivity contribution in [3.8, 4) is 0 Å². The summed E-state index contributed by atoms with van der Waals surface area (Å²) in [5.41, 5.74) is 0. The molecule has 0 aliphatic carbocycles. The number of rotatable bonds is 48. The molecule has 3 unspecified atom stereocenters. The van der Waals surface area contributed by atoms with E-state index in [0.29, 0.717) is 6.42 Å². The summed E-state index contributed by atoms with van der Waals surface area (Å²) in [6, 6.07) is -0.798. The molecule has 0 aliphatic heterocycles. The number of allylic oxidation sites excluding steroid dienone is 3. The van der Waals surface area contributed by atoms with Gasteiger partial charge in [0, 0.05) is 0 Å². The quantitative estimate of drug-likeness (QED) is 0.0364. The third-order valence-electron chi connectivity index (χ3n) is 12.3. The molecule has 5 heteroatoms. The van der Waals surface area contributed by atoms with E-state index in [4.69, 9.17) is 0 Å². The molecule has 0 spiro atoms. The maximum atomic E-state index is 12.5. The predicted octanol–water partition coefficient (Wildman–Crippen LogP) is 15.7. The number of amides is 1. The van der Waals surface area contributed by atoms with Crippen LogP contribution in [0.5, 0.6) is 0 Å². The lowest BCUT2D eigenvalue weighted by Gasteiger charge is -2.21. The number of aliphatic hydroxyl groups is 3. The molecule has 0 radical (unpaired) electrons. The second-order valence-corrected chi connectivity index (χ2v) is 18.1. The minimum Gasteiger partial charge on any atom is -0.394 e. The zero-order valence-electron chi connectivity index (χ0n) is 39.2. The molecule has 0 aromatic heterocycles. The van der Waals surface area contributed by atoms with Crippen LogP contribution >= 0.6 is 0 Å². The molecular weight excluding hydrogens is 715 g/mol. The predicted molar refractivity (Wildman–Crippen MR) is 255 cm³/mol. The van der Waals surface area contributed by atoms with Crippen molar-refractivity contribution < 1.29 is 20.1 Å². The normalized spacial score (nSPS) is 13.5. The van der Waals surface area contributed by atoms with E-state index in [0.717, 1.165) is 32.1 Å². The molecule has 1 amide bonds. The lowest BCUT2D eigenvalue weighted by atomic mass is 10.0. The van der Waals surface area contributed by atoms with Crippen LogP contribution in [0.4, 0.5) is 0 Å². The van der Waals surface area contributed by atoms with Crippen molar-refractivity contribution in [2.24, 2.45) is 0 Å². The summed E-state index contributed by atoms with van der Waals surface area (Å²) >= 11 is 0. The molecule has 0 saturated heterocycles. The van der Waals surface area contributed by atoms with E-state index >= 15 is 0 Å². The lowest BCUT2D eigenvalue weighted by Crippen LogP contribution is -2.48. The highest BCUT2D eigenvalue weighted by Crippen LogP contribution is 2.17. The molecule has 344 valence electrons. The highest BCUT2D eigenvalue weighted by atomic mass is 16.3. The Morgan fingerprint density at radius 2 is 0.690 bits per heavy atom. The average molecular weight is 818 g/mol. The molecule has 0 bridgehead atoms. The van der Waals surface area contributed by atoms with Crippen molar-refractivity contribution in [2.75, 3.05) is 6.61 Å². The van der Waals surface area contributed by atoms with E-state index in [2.05, 4.69) is 31.3 Å². The molecule has 4 N–H and O–H groups in total. The first-order valence-electron chi connectivity index (χ1n) is 26.2. The second kappa shape index (κ2) is 48.5. The van der Waals surface area contributed by atoms with Crippen molar-refractivity contribution in [3.05, 3.63) is 24.3 Å². The van der Waals surface area contributed by atoms with Crippen molar-refractivity contribution in [3.63, 3.8) is 0 Å². The molecular formula is C53H103NO4. The lowest BCUT2D eigenvalue weighted by molar-refractivity contribution is -0.131. The highest BCUT2D eigenvalue weighted by molar-refractivity contribution is 5.80. The fourth-order valence-electron chi connectivity index (χ4n) is 8.18. The molecule has 0 rings (SSSR count). The number of nitrogens with one attached hydrogen (secondary N) is 1. The summed E-state index contributed by atoms with van der Waals surface area (Å²) in [5.74, 6) is -0.503. The van der Waals surface area contributed by atoms with Crippen LogP contribution in [0, 0.1) is 0 Å². The summed E-state index contributed by atoms with van der Waals surface area (Å²) in [7, 11) is 0. The van der Waals surface area contributed by atoms with Gasteiger partial charge in [-0.05, 0) is 44.9 Å². The van der Waals surface area contributed by atoms with Crippen LogP contribution in [0.2, 0.25) is 0 Å². The molecule has 3 atom stereocenters. The van der Waals surface area contributed by atoms with Crippen LogP contribution in [0.15, 0.2) is 24.3 Å². The van der Waals surface area contributed by atoms with Crippen LogP contribution < -0.4 is 5.32 Å². The van der Waals surface area contributed by atoms with E-state index in [-0.39, 0.29) is 6.61 Å². The third-order valence-corrected chi connectivity index (χ3v) is 12.3. The van der Waals surface area contributed by atoms with Gasteiger partial charge in [-0.15, -0.1) is 0 Å². The number of aliphatic hydroxyl groups excluding tert-OH is 3. The molecule has 0 fully saturated rings. The molecule has 58 heavy (non-hydrogen) atoms. The Bertz CT molecular complexity index is 859. The monoisotopic (exact) mass is 818 g/mol. The Balaban J connectivity index is 3.60. The van der Waals surface area contributed by atoms with Crippen molar-refractivity contribution >= 4 is 5.91 Å². The van der Waals surface area contributed by atoms with Gasteiger partial charge in [-0.1, -0.05) is 263 Å². The summed E-state index contributed by atoms with van der Waals surface area (Å²) in [4.78, 5) is 12.5. The van der Waals surface area contributed by atoms with Crippen LogP contribution in [0.3, 0.4) is 0 Å². The number of carbonyl (C=O) groups is 1. The largest absolute Gasteiger partial charge is 0.394 e. The first-order chi connectivity index (χ1) is 28.6. The fraction of sp³-hybridized carbons (Fsp3) is 0.906. The highest BCUT2D eigenvalue weighted by Gasteiger charge is 2.22. The van der Waals surface area contributed by atoms with Crippen LogP contribution in [0.1, 0.15) is 284 Å². The first-order valence-corrected chi connectivity index (χ1v) is 26.2. The molecule has 0 aliphatic rings. The molecule has 0 saturated carbocycles. The number of unbranched alkanes of at least 4 members (excludes halogenated alkanes) is 38. The maximum Gasteiger partial charge on any atom is 0.249 e. The van der Waals surface area contributed by atoms with Gasteiger partial charge in [-0.3, -0.25) is 4.79 Å². The Hall–Kier alpha value is -1.17. The van der Waals surface area contributed by atoms with Gasteiger partial charge in [-0.2, -0.15) is 0 Å². The smallest absolute Gasteiger partial charge is 0.249 e. The Morgan fingerprint density at radius 1 is 0.414 bits per heavy atom. The number of hydrogen-bond acceptors (Lipinski definition) is 4.